The van der Waals surface area contributed by atoms with Gasteiger partial charge in [0.15, 0.2) is 24.0 Å². The van der Waals surface area contributed by atoms with Crippen LogP contribution in [0.2, 0.25) is 0 Å². The first-order chi connectivity index (χ1) is 14.5. The lowest BCUT2D eigenvalue weighted by Crippen LogP contribution is -2.58. The van der Waals surface area contributed by atoms with E-state index in [0.717, 1.165) is 10.9 Å². The van der Waals surface area contributed by atoms with E-state index in [1.165, 1.54) is 6.07 Å². The van der Waals surface area contributed by atoms with Gasteiger partial charge in [0.1, 0.15) is 23.9 Å². The number of amides is 1. The van der Waals surface area contributed by atoms with Gasteiger partial charge >= 0.3 is 5.63 Å². The molecule has 0 saturated carbocycles. The molecule has 1 aromatic heterocycles. The van der Waals surface area contributed by atoms with E-state index >= 15 is 0 Å². The Morgan fingerprint density at radius 2 is 1.61 bits per heavy atom. The van der Waals surface area contributed by atoms with Gasteiger partial charge < -0.3 is 33.4 Å². The summed E-state index contributed by atoms with van der Waals surface area (Å²) in [4.78, 5) is 24.9. The summed E-state index contributed by atoms with van der Waals surface area (Å²) in [6.45, 7) is 8.96. The van der Waals surface area contributed by atoms with Crippen molar-refractivity contribution in [2.75, 3.05) is 5.32 Å². The first-order valence-electron chi connectivity index (χ1n) is 10.2. The predicted octanol–water partition coefficient (Wildman–Crippen LogP) is 2.44. The summed E-state index contributed by atoms with van der Waals surface area (Å²) in [5.41, 5.74) is 1.21. The molecular weight excluding hydrogens is 406 g/mol. The molecule has 9 heteroatoms. The normalized spacial score (nSPS) is 33.1. The van der Waals surface area contributed by atoms with E-state index < -0.39 is 53.8 Å². The Kier molecular flexibility index (Phi) is 4.55. The molecule has 3 aliphatic heterocycles. The average molecular weight is 431 g/mol. The zero-order valence-corrected chi connectivity index (χ0v) is 18.0. The summed E-state index contributed by atoms with van der Waals surface area (Å²) in [7, 11) is 0. The van der Waals surface area contributed by atoms with Gasteiger partial charge in [-0.05, 0) is 52.3 Å². The number of hydrogen-bond acceptors (Lipinski definition) is 8. The van der Waals surface area contributed by atoms with Gasteiger partial charge in [-0.1, -0.05) is 0 Å². The molecule has 166 valence electrons. The number of ether oxygens (including phenoxy) is 5. The molecule has 1 aromatic carbocycles. The third kappa shape index (κ3) is 3.66. The van der Waals surface area contributed by atoms with Crippen LogP contribution in [0.25, 0.3) is 11.0 Å². The molecule has 0 aliphatic carbocycles. The van der Waals surface area contributed by atoms with Crippen molar-refractivity contribution in [3.63, 3.8) is 0 Å². The largest absolute Gasteiger partial charge is 0.423 e. The van der Waals surface area contributed by atoms with Crippen LogP contribution < -0.4 is 10.9 Å². The molecule has 4 heterocycles. The maximum Gasteiger partial charge on any atom is 0.336 e. The number of carbonyl (C=O) groups is 1. The Balaban J connectivity index is 1.42. The highest BCUT2D eigenvalue weighted by Gasteiger charge is 2.62. The molecule has 1 amide bonds. The van der Waals surface area contributed by atoms with Crippen molar-refractivity contribution in [1.82, 2.24) is 0 Å². The summed E-state index contributed by atoms with van der Waals surface area (Å²) in [6, 6.07) is 6.57. The van der Waals surface area contributed by atoms with Gasteiger partial charge in [-0.2, -0.15) is 0 Å². The molecule has 9 nitrogen and oxygen atoms in total. The van der Waals surface area contributed by atoms with E-state index in [9.17, 15) is 9.59 Å². The highest BCUT2D eigenvalue weighted by molar-refractivity contribution is 5.96. The standard InChI is InChI=1S/C22H25NO8/c1-10-8-14(24)26-13-9-11(6-7-12(10)13)23-19(25)17-15-16(29-21(2,3)28-15)18-20(27-17)31-22(4,5)30-18/h6-9,15-18,20H,1-5H3,(H,23,25)/t15-,16+,17+,18+,20+/m0/s1. The van der Waals surface area contributed by atoms with Gasteiger partial charge in [0, 0.05) is 23.2 Å². The van der Waals surface area contributed by atoms with Crippen LogP contribution in [0.15, 0.2) is 33.5 Å². The molecule has 0 spiro atoms. The molecule has 0 unspecified atom stereocenters. The van der Waals surface area contributed by atoms with E-state index in [0.29, 0.717) is 11.3 Å². The SMILES string of the molecule is Cc1cc(=O)oc2cc(NC(=O)[C@@H]3O[C@@H]4OC(C)(C)O[C@@H]4[C@@H]4OC(C)(C)O[C@@H]43)ccc12. The molecule has 5 rings (SSSR count). The van der Waals surface area contributed by atoms with Gasteiger partial charge in [0.05, 0.1) is 0 Å². The predicted molar refractivity (Wildman–Crippen MR) is 108 cm³/mol. The number of benzene rings is 1. The quantitative estimate of drug-likeness (QED) is 0.723. The second-order valence-electron chi connectivity index (χ2n) is 9.04. The molecule has 5 atom stereocenters. The lowest BCUT2D eigenvalue weighted by molar-refractivity contribution is -0.229. The van der Waals surface area contributed by atoms with Crippen molar-refractivity contribution >= 4 is 22.6 Å². The van der Waals surface area contributed by atoms with Crippen LogP contribution in [0.3, 0.4) is 0 Å². The molecule has 31 heavy (non-hydrogen) atoms. The first kappa shape index (κ1) is 20.6. The summed E-state index contributed by atoms with van der Waals surface area (Å²) in [5, 5.41) is 3.62. The second-order valence-corrected chi connectivity index (χ2v) is 9.04. The van der Waals surface area contributed by atoms with E-state index in [-0.39, 0.29) is 0 Å². The van der Waals surface area contributed by atoms with Crippen molar-refractivity contribution < 1.29 is 32.9 Å². The number of carbonyl (C=O) groups excluding carboxylic acids is 1. The Morgan fingerprint density at radius 3 is 2.39 bits per heavy atom. The number of anilines is 1. The van der Waals surface area contributed by atoms with Crippen LogP contribution >= 0.6 is 0 Å². The molecule has 2 aromatic rings. The van der Waals surface area contributed by atoms with Gasteiger partial charge in [0.2, 0.25) is 0 Å². The number of hydrogen-bond donors (Lipinski definition) is 1. The van der Waals surface area contributed by atoms with Crippen molar-refractivity contribution in [1.29, 1.82) is 0 Å². The molecule has 3 aliphatic rings. The Morgan fingerprint density at radius 1 is 0.935 bits per heavy atom. The van der Waals surface area contributed by atoms with Crippen LogP contribution in [0, 0.1) is 6.92 Å². The van der Waals surface area contributed by atoms with E-state index in [2.05, 4.69) is 5.32 Å². The fourth-order valence-corrected chi connectivity index (χ4v) is 4.44. The van der Waals surface area contributed by atoms with Gasteiger partial charge in [0.25, 0.3) is 5.91 Å². The Hall–Kier alpha value is -2.30. The van der Waals surface area contributed by atoms with Crippen molar-refractivity contribution in [2.45, 2.75) is 76.9 Å². The monoisotopic (exact) mass is 431 g/mol. The highest BCUT2D eigenvalue weighted by atomic mass is 16.9. The summed E-state index contributed by atoms with van der Waals surface area (Å²) in [5.74, 6) is -2.18. The maximum atomic E-state index is 13.2. The van der Waals surface area contributed by atoms with Crippen LogP contribution in [0.4, 0.5) is 5.69 Å². The van der Waals surface area contributed by atoms with Crippen molar-refractivity contribution in [3.8, 4) is 0 Å². The lowest BCUT2D eigenvalue weighted by atomic mass is 9.98. The minimum Gasteiger partial charge on any atom is -0.423 e. The molecule has 1 N–H and O–H groups in total. The smallest absolute Gasteiger partial charge is 0.336 e. The number of nitrogens with one attached hydrogen (secondary N) is 1. The number of aryl methyl sites for hydroxylation is 1. The highest BCUT2D eigenvalue weighted by Crippen LogP contribution is 2.44. The van der Waals surface area contributed by atoms with E-state index in [4.69, 9.17) is 28.1 Å². The lowest BCUT2D eigenvalue weighted by Gasteiger charge is -2.36. The van der Waals surface area contributed by atoms with Crippen LogP contribution in [-0.2, 0) is 28.5 Å². The molecule has 3 fully saturated rings. The third-order valence-corrected chi connectivity index (χ3v) is 5.63. The second kappa shape index (κ2) is 6.85. The minimum absolute atomic E-state index is 0.390. The Bertz CT molecular complexity index is 1110. The zero-order chi connectivity index (χ0) is 22.1. The van der Waals surface area contributed by atoms with Crippen molar-refractivity contribution in [2.24, 2.45) is 0 Å². The molecule has 0 bridgehead atoms. The van der Waals surface area contributed by atoms with Gasteiger partial charge in [-0.3, -0.25) is 4.79 Å². The zero-order valence-electron chi connectivity index (χ0n) is 18.0. The first-order valence-corrected chi connectivity index (χ1v) is 10.2. The van der Waals surface area contributed by atoms with E-state index in [1.807, 2.05) is 6.92 Å². The fraction of sp³-hybridized carbons (Fsp3) is 0.545. The van der Waals surface area contributed by atoms with Gasteiger partial charge in [-0.15, -0.1) is 0 Å². The van der Waals surface area contributed by atoms with E-state index in [1.54, 1.807) is 45.9 Å². The van der Waals surface area contributed by atoms with Crippen LogP contribution in [0.5, 0.6) is 0 Å². The molecule has 3 saturated heterocycles. The van der Waals surface area contributed by atoms with Gasteiger partial charge in [-0.25, -0.2) is 4.79 Å². The maximum absolute atomic E-state index is 13.2. The molecule has 0 radical (unpaired) electrons. The van der Waals surface area contributed by atoms with Crippen molar-refractivity contribution in [3.05, 3.63) is 40.2 Å². The summed E-state index contributed by atoms with van der Waals surface area (Å²) in [6.07, 6.45) is -3.45. The Labute approximate surface area is 178 Å². The third-order valence-electron chi connectivity index (χ3n) is 5.63. The molecular formula is C22H25NO8. The minimum atomic E-state index is -0.981. The van der Waals surface area contributed by atoms with Crippen LogP contribution in [-0.4, -0.2) is 48.2 Å². The topological polar surface area (TPSA) is 105 Å². The number of fused-ring (bicyclic) bond motifs is 4. The summed E-state index contributed by atoms with van der Waals surface area (Å²) >= 11 is 0. The number of rotatable bonds is 2. The van der Waals surface area contributed by atoms with Crippen LogP contribution in [0.1, 0.15) is 33.3 Å². The average Bonchev–Trinajstić information content (AvgIpc) is 3.14. The fourth-order valence-electron chi connectivity index (χ4n) is 4.44. The summed E-state index contributed by atoms with van der Waals surface area (Å²) < 4.78 is 35.1.